The lowest BCUT2D eigenvalue weighted by Gasteiger charge is -2.24. The molecule has 13 nitrogen and oxygen atoms in total. The van der Waals surface area contributed by atoms with Crippen LogP contribution in [0.2, 0.25) is 0 Å². The molecule has 0 fully saturated rings. The zero-order valence-electron chi connectivity index (χ0n) is 24.2. The predicted octanol–water partition coefficient (Wildman–Crippen LogP) is 5.62. The number of esters is 4. The number of phosphoric acid groups is 1. The smallest absolute Gasteiger partial charge is 0.459 e. The van der Waals surface area contributed by atoms with Crippen LogP contribution in [0.4, 0.5) is 0 Å². The van der Waals surface area contributed by atoms with E-state index >= 15 is 0 Å². The van der Waals surface area contributed by atoms with Crippen LogP contribution in [0.5, 0.6) is 0 Å². The first-order valence-corrected chi connectivity index (χ1v) is 20.7. The van der Waals surface area contributed by atoms with Crippen molar-refractivity contribution in [2.24, 2.45) is 0 Å². The minimum atomic E-state index is -4.58. The molecule has 2 aromatic rings. The van der Waals surface area contributed by atoms with Gasteiger partial charge in [0, 0.05) is 21.4 Å². The number of quaternary nitrogens is 1. The third-order valence-electron chi connectivity index (χ3n) is 5.25. The summed E-state index contributed by atoms with van der Waals surface area (Å²) in [6.45, 7) is -2.61. The third-order valence-corrected chi connectivity index (χ3v) is 16.1. The van der Waals surface area contributed by atoms with Crippen LogP contribution in [0.15, 0.2) is 24.3 Å². The molecule has 0 saturated carbocycles. The van der Waals surface area contributed by atoms with Crippen molar-refractivity contribution < 1.29 is 61.1 Å². The van der Waals surface area contributed by atoms with Gasteiger partial charge >= 0.3 is 31.7 Å². The molecule has 20 heteroatoms. The Kier molecular flexibility index (Phi) is 18.6. The van der Waals surface area contributed by atoms with Gasteiger partial charge < -0.3 is 28.3 Å². The lowest BCUT2D eigenvalue weighted by Crippen LogP contribution is -2.37. The lowest BCUT2D eigenvalue weighted by atomic mass is 10.2. The maximum absolute atomic E-state index is 12.5. The minimum Gasteiger partial charge on any atom is -0.459 e. The molecule has 0 aliphatic carbocycles. The first-order chi connectivity index (χ1) is 21.3. The van der Waals surface area contributed by atoms with Crippen molar-refractivity contribution >= 4 is 167 Å². The van der Waals surface area contributed by atoms with E-state index in [0.717, 1.165) is 21.4 Å². The Balaban J connectivity index is 2.00. The van der Waals surface area contributed by atoms with Gasteiger partial charge in [0.1, 0.15) is 19.8 Å². The van der Waals surface area contributed by atoms with Crippen molar-refractivity contribution in [1.82, 2.24) is 0 Å². The number of hydrogen-bond acceptors (Lipinski definition) is 11. The Hall–Kier alpha value is 0.770. The Labute approximate surface area is 347 Å². The van der Waals surface area contributed by atoms with Crippen molar-refractivity contribution in [3.8, 4) is 0 Å². The second kappa shape index (κ2) is 20.0. The van der Waals surface area contributed by atoms with Gasteiger partial charge in [0.2, 0.25) is 0 Å². The molecule has 0 amide bonds. The fraction of sp³-hybridized carbons (Fsp3) is 0.385. The Morgan fingerprint density at radius 2 is 1.15 bits per heavy atom. The van der Waals surface area contributed by atoms with E-state index in [1.54, 1.807) is 24.3 Å². The summed E-state index contributed by atoms with van der Waals surface area (Å²) in [4.78, 5) is 59.9. The van der Waals surface area contributed by atoms with Crippen molar-refractivity contribution in [3.63, 3.8) is 0 Å². The highest BCUT2D eigenvalue weighted by atomic mass is 127. The molecule has 0 aliphatic rings. The van der Waals surface area contributed by atoms with Crippen LogP contribution < -0.4 is 0 Å². The molecule has 0 spiro atoms. The Morgan fingerprint density at radius 1 is 0.717 bits per heavy atom. The average molecular weight is 1340 g/mol. The number of likely N-dealkylation sites (N-methyl/N-ethyl adjacent to an activating group) is 1. The molecule has 46 heavy (non-hydrogen) atoms. The molecule has 0 saturated heterocycles. The minimum absolute atomic E-state index is 0.104. The SMILES string of the molecule is C[N+](C)(C)CCOP(=O)(O)OC[C@@H](COC(=O)COC(=O)c1cc(I)c(I)c(I)c1)OC(=O)COC(=O)c1cc(I)c(I)c(I)c1. The third kappa shape index (κ3) is 15.8. The van der Waals surface area contributed by atoms with Gasteiger partial charge in [-0.15, -0.1) is 0 Å². The summed E-state index contributed by atoms with van der Waals surface area (Å²) < 4.78 is 48.4. The number of ether oxygens (including phenoxy) is 4. The number of halogens is 6. The van der Waals surface area contributed by atoms with Crippen molar-refractivity contribution in [1.29, 1.82) is 0 Å². The average Bonchev–Trinajstić information content (AvgIpc) is 2.96. The summed E-state index contributed by atoms with van der Waals surface area (Å²) >= 11 is 12.6. The summed E-state index contributed by atoms with van der Waals surface area (Å²) in [5, 5.41) is 0. The van der Waals surface area contributed by atoms with Gasteiger partial charge in [-0.2, -0.15) is 0 Å². The van der Waals surface area contributed by atoms with Crippen LogP contribution >= 0.6 is 143 Å². The van der Waals surface area contributed by atoms with Gasteiger partial charge in [0.05, 0.1) is 38.9 Å². The van der Waals surface area contributed by atoms with Crippen LogP contribution in [0.3, 0.4) is 0 Å². The van der Waals surface area contributed by atoms with Crippen LogP contribution in [0.25, 0.3) is 0 Å². The Morgan fingerprint density at radius 3 is 1.59 bits per heavy atom. The maximum atomic E-state index is 12.5. The molecule has 0 aromatic heterocycles. The van der Waals surface area contributed by atoms with Gasteiger partial charge in [-0.05, 0) is 160 Å². The summed E-state index contributed by atoms with van der Waals surface area (Å²) in [5.41, 5.74) is 0.475. The fourth-order valence-corrected chi connectivity index (χ4v) is 7.87. The van der Waals surface area contributed by atoms with Crippen LogP contribution in [0.1, 0.15) is 20.7 Å². The van der Waals surface area contributed by atoms with E-state index in [1.807, 2.05) is 21.1 Å². The van der Waals surface area contributed by atoms with Gasteiger partial charge in [-0.25, -0.2) is 23.7 Å². The molecule has 1 unspecified atom stereocenters. The number of nitrogens with zero attached hydrogens (tertiary/aromatic N) is 1. The quantitative estimate of drug-likeness (QED) is 0.0553. The van der Waals surface area contributed by atoms with Gasteiger partial charge in [-0.3, -0.25) is 9.05 Å². The molecule has 0 bridgehead atoms. The number of rotatable bonds is 16. The molecule has 2 rings (SSSR count). The number of phosphoric ester groups is 1. The largest absolute Gasteiger partial charge is 0.472 e. The second-order valence-electron chi connectivity index (χ2n) is 10.1. The normalized spacial score (nSPS) is 13.3. The lowest BCUT2D eigenvalue weighted by molar-refractivity contribution is -0.870. The highest BCUT2D eigenvalue weighted by molar-refractivity contribution is 14.1. The predicted molar refractivity (Wildman–Crippen MR) is 215 cm³/mol. The van der Waals surface area contributed by atoms with E-state index < -0.39 is 64.2 Å². The van der Waals surface area contributed by atoms with Crippen molar-refractivity contribution in [3.05, 3.63) is 56.8 Å². The Bertz CT molecular complexity index is 1460. The van der Waals surface area contributed by atoms with E-state index in [-0.39, 0.29) is 17.7 Å². The van der Waals surface area contributed by atoms with Gasteiger partial charge in [-0.1, -0.05) is 0 Å². The van der Waals surface area contributed by atoms with E-state index in [0.29, 0.717) is 11.0 Å². The number of carbonyl (C=O) groups excluding carboxylic acids is 4. The van der Waals surface area contributed by atoms with E-state index in [9.17, 15) is 28.6 Å². The molecule has 0 radical (unpaired) electrons. The van der Waals surface area contributed by atoms with E-state index in [1.165, 1.54) is 0 Å². The van der Waals surface area contributed by atoms with E-state index in [4.69, 9.17) is 28.0 Å². The summed E-state index contributed by atoms with van der Waals surface area (Å²) in [6.07, 6.45) is -1.41. The summed E-state index contributed by atoms with van der Waals surface area (Å²) in [6, 6.07) is 6.46. The van der Waals surface area contributed by atoms with E-state index in [2.05, 4.69) is 136 Å². The number of carbonyl (C=O) groups is 4. The molecule has 2 aromatic carbocycles. The first-order valence-electron chi connectivity index (χ1n) is 12.7. The first kappa shape index (κ1) is 42.9. The van der Waals surface area contributed by atoms with Crippen LogP contribution in [0, 0.1) is 21.4 Å². The van der Waals surface area contributed by atoms with Crippen LogP contribution in [-0.2, 0) is 42.1 Å². The van der Waals surface area contributed by atoms with Crippen molar-refractivity contribution in [2.45, 2.75) is 6.10 Å². The maximum Gasteiger partial charge on any atom is 0.472 e. The standard InChI is InChI=1S/C26H26I6NO12P/c1-33(2,3)4-5-43-46(38,39)44-11-16(45-22(35)13-42-26(37)15-8-19(29)24(32)20(30)9-15)10-40-21(34)12-41-25(36)14-6-17(27)23(31)18(28)7-14/h6-9,16H,4-5,10-13H2,1-3H3/p+1/t16-/m1/s1. The zero-order chi connectivity index (χ0) is 34.8. The molecular formula is C26H27I6NO12P+. The summed E-state index contributed by atoms with van der Waals surface area (Å²) in [7, 11) is 1.01. The van der Waals surface area contributed by atoms with Gasteiger partial charge in [0.25, 0.3) is 0 Å². The van der Waals surface area contributed by atoms with Crippen molar-refractivity contribution in [2.75, 3.05) is 60.7 Å². The number of hydrogen-bond donors (Lipinski definition) is 1. The second-order valence-corrected chi connectivity index (χ2v) is 18.3. The highest BCUT2D eigenvalue weighted by Gasteiger charge is 2.28. The topological polar surface area (TPSA) is 161 Å². The van der Waals surface area contributed by atoms with Gasteiger partial charge in [0.15, 0.2) is 19.3 Å². The van der Waals surface area contributed by atoms with Crippen LogP contribution in [-0.4, -0.2) is 100 Å². The molecule has 0 aliphatic heterocycles. The molecule has 254 valence electrons. The molecule has 0 heterocycles. The molecular weight excluding hydrogens is 1310 g/mol. The molecule has 1 N–H and O–H groups in total. The fourth-order valence-electron chi connectivity index (χ4n) is 2.97. The highest BCUT2D eigenvalue weighted by Crippen LogP contribution is 2.43. The summed E-state index contributed by atoms with van der Waals surface area (Å²) in [5.74, 6) is -3.54. The zero-order valence-corrected chi connectivity index (χ0v) is 38.1. The monoisotopic (exact) mass is 1340 g/mol. The molecule has 2 atom stereocenters. The number of benzene rings is 2.